The lowest BCUT2D eigenvalue weighted by molar-refractivity contribution is 0.387. The van der Waals surface area contributed by atoms with E-state index < -0.39 is 10.0 Å². The lowest BCUT2D eigenvalue weighted by atomic mass is 10.1. The van der Waals surface area contributed by atoms with E-state index in [0.717, 1.165) is 17.7 Å². The molecule has 0 saturated heterocycles. The van der Waals surface area contributed by atoms with Crippen LogP contribution in [0.4, 0.5) is 0 Å². The van der Waals surface area contributed by atoms with Crippen molar-refractivity contribution in [3.8, 4) is 0 Å². The van der Waals surface area contributed by atoms with Crippen molar-refractivity contribution >= 4 is 21.4 Å². The zero-order valence-corrected chi connectivity index (χ0v) is 13.2. The molecule has 1 heterocycles. The maximum Gasteiger partial charge on any atom is 0.243 e. The Kier molecular flexibility index (Phi) is 5.00. The maximum atomic E-state index is 12.6. The molecule has 1 aromatic rings. The summed E-state index contributed by atoms with van der Waals surface area (Å²) in [5, 5.41) is 4.87. The molecule has 1 saturated carbocycles. The van der Waals surface area contributed by atoms with E-state index in [4.69, 9.17) is 0 Å². The van der Waals surface area contributed by atoms with Crippen molar-refractivity contribution in [1.82, 2.24) is 9.62 Å². The van der Waals surface area contributed by atoms with Gasteiger partial charge in [0.1, 0.15) is 0 Å². The Labute approximate surface area is 119 Å². The molecule has 6 heteroatoms. The predicted octanol–water partition coefficient (Wildman–Crippen LogP) is 2.28. The minimum Gasteiger partial charge on any atom is -0.315 e. The first-order chi connectivity index (χ1) is 9.05. The Hall–Kier alpha value is -0.430. The lowest BCUT2D eigenvalue weighted by Crippen LogP contribution is -2.31. The predicted molar refractivity (Wildman–Crippen MR) is 78.9 cm³/mol. The molecule has 0 aliphatic heterocycles. The van der Waals surface area contributed by atoms with E-state index in [9.17, 15) is 8.42 Å². The monoisotopic (exact) mass is 302 g/mol. The van der Waals surface area contributed by atoms with Crippen LogP contribution in [0.1, 0.15) is 30.6 Å². The van der Waals surface area contributed by atoms with Crippen LogP contribution in [0.2, 0.25) is 0 Å². The van der Waals surface area contributed by atoms with Gasteiger partial charge in [0.05, 0.1) is 4.90 Å². The van der Waals surface area contributed by atoms with E-state index >= 15 is 0 Å². The van der Waals surface area contributed by atoms with Crippen LogP contribution in [0.5, 0.6) is 0 Å². The Morgan fingerprint density at radius 3 is 2.74 bits per heavy atom. The largest absolute Gasteiger partial charge is 0.315 e. The summed E-state index contributed by atoms with van der Waals surface area (Å²) in [7, 11) is 0.202. The summed E-state index contributed by atoms with van der Waals surface area (Å²) in [6.07, 6.45) is 4.80. The molecule has 1 aliphatic carbocycles. The Bertz CT molecular complexity index is 504. The third-order valence-corrected chi connectivity index (χ3v) is 6.68. The first-order valence-electron chi connectivity index (χ1n) is 6.73. The van der Waals surface area contributed by atoms with E-state index in [2.05, 4.69) is 5.32 Å². The highest BCUT2D eigenvalue weighted by Crippen LogP contribution is 2.29. The molecule has 0 amide bonds. The molecule has 2 rings (SSSR count). The molecule has 0 aromatic carbocycles. The van der Waals surface area contributed by atoms with Crippen molar-refractivity contribution in [3.05, 3.63) is 16.3 Å². The first-order valence-corrected chi connectivity index (χ1v) is 9.05. The van der Waals surface area contributed by atoms with E-state index in [0.29, 0.717) is 23.9 Å². The summed E-state index contributed by atoms with van der Waals surface area (Å²) in [6, 6.07) is 1.72. The van der Waals surface area contributed by atoms with Gasteiger partial charge < -0.3 is 5.32 Å². The molecule has 19 heavy (non-hydrogen) atoms. The van der Waals surface area contributed by atoms with Crippen LogP contribution >= 0.6 is 11.3 Å². The minimum atomic E-state index is -3.33. The second kappa shape index (κ2) is 6.35. The van der Waals surface area contributed by atoms with Crippen LogP contribution in [0.3, 0.4) is 0 Å². The van der Waals surface area contributed by atoms with Gasteiger partial charge >= 0.3 is 0 Å². The molecular formula is C13H22N2O2S2. The van der Waals surface area contributed by atoms with Gasteiger partial charge in [-0.3, -0.25) is 0 Å². The van der Waals surface area contributed by atoms with Crippen LogP contribution in [0.15, 0.2) is 16.3 Å². The standard InChI is InChI=1S/C13H22N2O2S2/c1-14-9-12-13(7-8-18-12)19(16,17)15(2)10-11-5-3-4-6-11/h7-8,11,14H,3-6,9-10H2,1-2H3. The molecule has 0 bridgehead atoms. The summed E-state index contributed by atoms with van der Waals surface area (Å²) in [4.78, 5) is 1.35. The highest BCUT2D eigenvalue weighted by Gasteiger charge is 2.27. The number of sulfonamides is 1. The highest BCUT2D eigenvalue weighted by molar-refractivity contribution is 7.89. The molecule has 1 N–H and O–H groups in total. The number of hydrogen-bond donors (Lipinski definition) is 1. The van der Waals surface area contributed by atoms with Gasteiger partial charge in [-0.1, -0.05) is 12.8 Å². The van der Waals surface area contributed by atoms with Crippen LogP contribution in [0.25, 0.3) is 0 Å². The fraction of sp³-hybridized carbons (Fsp3) is 0.692. The Balaban J connectivity index is 2.13. The van der Waals surface area contributed by atoms with Gasteiger partial charge in [-0.15, -0.1) is 11.3 Å². The molecule has 1 aliphatic rings. The molecule has 0 atom stereocenters. The number of hydrogen-bond acceptors (Lipinski definition) is 4. The zero-order valence-electron chi connectivity index (χ0n) is 11.6. The van der Waals surface area contributed by atoms with Crippen LogP contribution in [0, 0.1) is 5.92 Å². The van der Waals surface area contributed by atoms with Crippen molar-refractivity contribution in [1.29, 1.82) is 0 Å². The van der Waals surface area contributed by atoms with Gasteiger partial charge in [0.2, 0.25) is 10.0 Å². The van der Waals surface area contributed by atoms with E-state index in [1.165, 1.54) is 28.5 Å². The van der Waals surface area contributed by atoms with Gasteiger partial charge in [0, 0.05) is 25.0 Å². The summed E-state index contributed by atoms with van der Waals surface area (Å²) in [6.45, 7) is 1.25. The quantitative estimate of drug-likeness (QED) is 0.877. The van der Waals surface area contributed by atoms with Crippen LogP contribution in [-0.2, 0) is 16.6 Å². The zero-order chi connectivity index (χ0) is 13.9. The Morgan fingerprint density at radius 2 is 2.11 bits per heavy atom. The second-order valence-electron chi connectivity index (χ2n) is 5.17. The number of rotatable bonds is 6. The first kappa shape index (κ1) is 15.0. The molecule has 108 valence electrons. The van der Waals surface area contributed by atoms with Gasteiger partial charge in [0.15, 0.2) is 0 Å². The molecular weight excluding hydrogens is 280 g/mol. The molecule has 4 nitrogen and oxygen atoms in total. The van der Waals surface area contributed by atoms with Crippen LogP contribution < -0.4 is 5.32 Å². The normalized spacial score (nSPS) is 17.4. The van der Waals surface area contributed by atoms with Gasteiger partial charge in [0.25, 0.3) is 0 Å². The Morgan fingerprint density at radius 1 is 1.42 bits per heavy atom. The summed E-state index contributed by atoms with van der Waals surface area (Å²) >= 11 is 1.49. The molecule has 1 aromatic heterocycles. The molecule has 0 unspecified atom stereocenters. The van der Waals surface area contributed by atoms with Crippen molar-refractivity contribution in [2.75, 3.05) is 20.6 Å². The second-order valence-corrected chi connectivity index (χ2v) is 8.19. The summed E-state index contributed by atoms with van der Waals surface area (Å²) in [5.41, 5.74) is 0. The van der Waals surface area contributed by atoms with Crippen molar-refractivity contribution < 1.29 is 8.42 Å². The SMILES string of the molecule is CNCc1sccc1S(=O)(=O)N(C)CC1CCCC1. The van der Waals surface area contributed by atoms with E-state index in [1.54, 1.807) is 13.1 Å². The molecule has 0 radical (unpaired) electrons. The number of thiophene rings is 1. The van der Waals surface area contributed by atoms with Gasteiger partial charge in [-0.05, 0) is 37.3 Å². The number of nitrogens with one attached hydrogen (secondary N) is 1. The van der Waals surface area contributed by atoms with Crippen molar-refractivity contribution in [3.63, 3.8) is 0 Å². The maximum absolute atomic E-state index is 12.6. The van der Waals surface area contributed by atoms with Crippen molar-refractivity contribution in [2.24, 2.45) is 5.92 Å². The average Bonchev–Trinajstić information content (AvgIpc) is 3.00. The van der Waals surface area contributed by atoms with Crippen LogP contribution in [-0.4, -0.2) is 33.4 Å². The summed E-state index contributed by atoms with van der Waals surface area (Å²) < 4.78 is 26.7. The van der Waals surface area contributed by atoms with Crippen molar-refractivity contribution in [2.45, 2.75) is 37.1 Å². The fourth-order valence-electron chi connectivity index (χ4n) is 2.67. The smallest absolute Gasteiger partial charge is 0.243 e. The van der Waals surface area contributed by atoms with E-state index in [-0.39, 0.29) is 0 Å². The van der Waals surface area contributed by atoms with Gasteiger partial charge in [-0.25, -0.2) is 12.7 Å². The summed E-state index contributed by atoms with van der Waals surface area (Å²) in [5.74, 6) is 0.533. The highest BCUT2D eigenvalue weighted by atomic mass is 32.2. The topological polar surface area (TPSA) is 49.4 Å². The third-order valence-electron chi connectivity index (χ3n) is 3.72. The number of nitrogens with zero attached hydrogens (tertiary/aromatic N) is 1. The molecule has 1 fully saturated rings. The third kappa shape index (κ3) is 3.37. The minimum absolute atomic E-state index is 0.465. The van der Waals surface area contributed by atoms with Gasteiger partial charge in [-0.2, -0.15) is 0 Å². The fourth-order valence-corrected chi connectivity index (χ4v) is 5.34. The average molecular weight is 302 g/mol. The lowest BCUT2D eigenvalue weighted by Gasteiger charge is -2.21. The molecule has 0 spiro atoms. The van der Waals surface area contributed by atoms with E-state index in [1.807, 2.05) is 12.4 Å².